The Morgan fingerprint density at radius 2 is 2.15 bits per heavy atom. The van der Waals surface area contributed by atoms with Gasteiger partial charge in [0.05, 0.1) is 4.92 Å². The number of nitro groups is 1. The number of rotatable bonds is 4. The summed E-state index contributed by atoms with van der Waals surface area (Å²) in [6.45, 7) is 1.81. The molecule has 1 atom stereocenters. The van der Waals surface area contributed by atoms with Crippen LogP contribution in [0.4, 0.5) is 5.69 Å². The average Bonchev–Trinajstić information content (AvgIpc) is 2.46. The normalized spacial score (nSPS) is 18.9. The van der Waals surface area contributed by atoms with Gasteiger partial charge in [0.25, 0.3) is 5.69 Å². The van der Waals surface area contributed by atoms with E-state index in [1.54, 1.807) is 18.2 Å². The largest absolute Gasteiger partial charge is 0.349 e. The molecule has 106 valence electrons. The number of nitrogens with zero attached hydrogens (tertiary/aromatic N) is 1. The van der Waals surface area contributed by atoms with Crippen molar-refractivity contribution in [3.8, 4) is 0 Å². The van der Waals surface area contributed by atoms with Crippen molar-refractivity contribution in [2.45, 2.75) is 18.9 Å². The highest BCUT2D eigenvalue weighted by Gasteiger charge is 2.13. The van der Waals surface area contributed by atoms with E-state index >= 15 is 0 Å². The molecule has 1 amide bonds. The molecule has 6 heteroatoms. The predicted octanol–water partition coefficient (Wildman–Crippen LogP) is 1.48. The summed E-state index contributed by atoms with van der Waals surface area (Å²) in [5.74, 6) is -0.142. The van der Waals surface area contributed by atoms with Gasteiger partial charge in [-0.15, -0.1) is 0 Å². The summed E-state index contributed by atoms with van der Waals surface area (Å²) in [7, 11) is 0. The predicted molar refractivity (Wildman–Crippen MR) is 76.2 cm³/mol. The molecule has 0 aliphatic carbocycles. The lowest BCUT2D eigenvalue weighted by molar-refractivity contribution is -0.384. The lowest BCUT2D eigenvalue weighted by Crippen LogP contribution is -2.45. The zero-order chi connectivity index (χ0) is 14.4. The highest BCUT2D eigenvalue weighted by molar-refractivity contribution is 5.91. The minimum Gasteiger partial charge on any atom is -0.349 e. The van der Waals surface area contributed by atoms with Gasteiger partial charge in [-0.2, -0.15) is 0 Å². The van der Waals surface area contributed by atoms with Crippen molar-refractivity contribution < 1.29 is 9.72 Å². The van der Waals surface area contributed by atoms with E-state index in [9.17, 15) is 14.9 Å². The highest BCUT2D eigenvalue weighted by atomic mass is 16.6. The van der Waals surface area contributed by atoms with Crippen LogP contribution in [0.15, 0.2) is 30.3 Å². The molecule has 1 aliphatic rings. The molecule has 0 unspecified atom stereocenters. The first kappa shape index (κ1) is 14.2. The Hall–Kier alpha value is -2.21. The molecular formula is C14H17N3O3. The zero-order valence-electron chi connectivity index (χ0n) is 11.0. The van der Waals surface area contributed by atoms with E-state index < -0.39 is 4.92 Å². The number of nitrogens with one attached hydrogen (secondary N) is 2. The van der Waals surface area contributed by atoms with Crippen LogP contribution >= 0.6 is 0 Å². The number of carbonyl (C=O) groups excluding carboxylic acids is 1. The lowest BCUT2D eigenvalue weighted by Gasteiger charge is -2.23. The van der Waals surface area contributed by atoms with Crippen LogP contribution in [-0.4, -0.2) is 30.0 Å². The maximum Gasteiger partial charge on any atom is 0.269 e. The van der Waals surface area contributed by atoms with Gasteiger partial charge in [0.15, 0.2) is 0 Å². The van der Waals surface area contributed by atoms with E-state index in [1.165, 1.54) is 18.2 Å². The number of benzene rings is 1. The maximum atomic E-state index is 11.7. The van der Waals surface area contributed by atoms with Crippen molar-refractivity contribution in [2.24, 2.45) is 0 Å². The van der Waals surface area contributed by atoms with Gasteiger partial charge in [0, 0.05) is 30.8 Å². The topological polar surface area (TPSA) is 84.3 Å². The second kappa shape index (κ2) is 6.81. The Morgan fingerprint density at radius 1 is 1.40 bits per heavy atom. The molecule has 1 heterocycles. The highest BCUT2D eigenvalue weighted by Crippen LogP contribution is 2.12. The number of non-ortho nitro benzene ring substituents is 1. The molecule has 6 nitrogen and oxygen atoms in total. The van der Waals surface area contributed by atoms with Gasteiger partial charge in [0.1, 0.15) is 0 Å². The van der Waals surface area contributed by atoms with E-state index in [2.05, 4.69) is 10.6 Å². The van der Waals surface area contributed by atoms with Crippen LogP contribution < -0.4 is 10.6 Å². The molecule has 0 aromatic heterocycles. The first-order valence-corrected chi connectivity index (χ1v) is 6.59. The Bertz CT molecular complexity index is 505. The molecule has 1 aliphatic heterocycles. The van der Waals surface area contributed by atoms with Crippen LogP contribution in [0.25, 0.3) is 6.08 Å². The van der Waals surface area contributed by atoms with Gasteiger partial charge in [-0.3, -0.25) is 14.9 Å². The van der Waals surface area contributed by atoms with E-state index in [0.717, 1.165) is 31.5 Å². The minimum atomic E-state index is -0.448. The molecule has 1 aromatic carbocycles. The number of piperidine rings is 1. The molecule has 0 bridgehead atoms. The lowest BCUT2D eigenvalue weighted by atomic mass is 10.1. The fourth-order valence-corrected chi connectivity index (χ4v) is 2.10. The van der Waals surface area contributed by atoms with Crippen molar-refractivity contribution in [1.82, 2.24) is 10.6 Å². The van der Waals surface area contributed by atoms with E-state index in [4.69, 9.17) is 0 Å². The zero-order valence-corrected chi connectivity index (χ0v) is 11.0. The maximum absolute atomic E-state index is 11.7. The van der Waals surface area contributed by atoms with Crippen molar-refractivity contribution in [3.05, 3.63) is 46.0 Å². The second-order valence-electron chi connectivity index (χ2n) is 4.73. The van der Waals surface area contributed by atoms with Gasteiger partial charge >= 0.3 is 0 Å². The van der Waals surface area contributed by atoms with Crippen LogP contribution in [0.5, 0.6) is 0 Å². The van der Waals surface area contributed by atoms with Crippen molar-refractivity contribution >= 4 is 17.7 Å². The van der Waals surface area contributed by atoms with E-state index in [0.29, 0.717) is 0 Å². The molecule has 1 saturated heterocycles. The number of nitro benzene ring substituents is 1. The summed E-state index contributed by atoms with van der Waals surface area (Å²) in [5, 5.41) is 16.7. The van der Waals surface area contributed by atoms with Gasteiger partial charge in [-0.25, -0.2) is 0 Å². The molecular weight excluding hydrogens is 258 g/mol. The summed E-state index contributed by atoms with van der Waals surface area (Å²) in [6.07, 6.45) is 5.16. The van der Waals surface area contributed by atoms with E-state index in [1.807, 2.05) is 0 Å². The molecule has 0 radical (unpaired) electrons. The van der Waals surface area contributed by atoms with Crippen LogP contribution in [0.1, 0.15) is 18.4 Å². The summed E-state index contributed by atoms with van der Waals surface area (Å²) in [5.41, 5.74) is 0.799. The third-order valence-electron chi connectivity index (χ3n) is 3.17. The van der Waals surface area contributed by atoms with Crippen LogP contribution in [-0.2, 0) is 4.79 Å². The Kier molecular flexibility index (Phi) is 4.84. The molecule has 1 fully saturated rings. The molecule has 0 spiro atoms. The van der Waals surface area contributed by atoms with Gasteiger partial charge < -0.3 is 10.6 Å². The smallest absolute Gasteiger partial charge is 0.269 e. The Labute approximate surface area is 117 Å². The minimum absolute atomic E-state index is 0.0416. The number of carbonyl (C=O) groups is 1. The van der Waals surface area contributed by atoms with Gasteiger partial charge in [-0.05, 0) is 43.2 Å². The molecule has 2 N–H and O–H groups in total. The molecule has 1 aromatic rings. The van der Waals surface area contributed by atoms with Gasteiger partial charge in [0.2, 0.25) is 5.91 Å². The van der Waals surface area contributed by atoms with Crippen molar-refractivity contribution in [2.75, 3.05) is 13.1 Å². The van der Waals surface area contributed by atoms with Crippen molar-refractivity contribution in [1.29, 1.82) is 0 Å². The summed E-state index contributed by atoms with van der Waals surface area (Å²) in [4.78, 5) is 21.8. The summed E-state index contributed by atoms with van der Waals surface area (Å²) < 4.78 is 0. The standard InChI is InChI=1S/C14H17N3O3/c18-14(16-12-2-1-9-15-10-12)8-5-11-3-6-13(7-4-11)17(19)20/h3-8,12,15H,1-2,9-10H2,(H,16,18)/b8-5+/t12-/m0/s1. The quantitative estimate of drug-likeness (QED) is 0.495. The van der Waals surface area contributed by atoms with Crippen molar-refractivity contribution in [3.63, 3.8) is 0 Å². The van der Waals surface area contributed by atoms with Crippen LogP contribution in [0.3, 0.4) is 0 Å². The molecule has 20 heavy (non-hydrogen) atoms. The van der Waals surface area contributed by atoms with Gasteiger partial charge in [-0.1, -0.05) is 0 Å². The second-order valence-corrected chi connectivity index (χ2v) is 4.73. The molecule has 2 rings (SSSR count). The first-order chi connectivity index (χ1) is 9.65. The number of amides is 1. The van der Waals surface area contributed by atoms with Crippen LogP contribution in [0.2, 0.25) is 0 Å². The fraction of sp³-hybridized carbons (Fsp3) is 0.357. The third kappa shape index (κ3) is 4.17. The average molecular weight is 275 g/mol. The first-order valence-electron chi connectivity index (χ1n) is 6.59. The number of hydrogen-bond donors (Lipinski definition) is 2. The number of hydrogen-bond acceptors (Lipinski definition) is 4. The summed E-state index contributed by atoms with van der Waals surface area (Å²) >= 11 is 0. The fourth-order valence-electron chi connectivity index (χ4n) is 2.10. The Morgan fingerprint density at radius 3 is 2.75 bits per heavy atom. The van der Waals surface area contributed by atoms with Crippen LogP contribution in [0, 0.1) is 10.1 Å². The SMILES string of the molecule is O=C(/C=C/c1ccc([N+](=O)[O-])cc1)N[C@H]1CCCNC1. The summed E-state index contributed by atoms with van der Waals surface area (Å²) in [6, 6.07) is 6.25. The third-order valence-corrected chi connectivity index (χ3v) is 3.17. The monoisotopic (exact) mass is 275 g/mol. The Balaban J connectivity index is 1.87. The van der Waals surface area contributed by atoms with E-state index in [-0.39, 0.29) is 17.6 Å². The molecule has 0 saturated carbocycles.